The highest BCUT2D eigenvalue weighted by molar-refractivity contribution is 5.20. The number of aliphatic hydroxyl groups is 1. The number of rotatable bonds is 8. The fraction of sp³-hybridized carbons (Fsp3) is 0.500. The van der Waals surface area contributed by atoms with Crippen LogP contribution in [0.5, 0.6) is 5.75 Å². The molecule has 1 rings (SSSR count). The van der Waals surface area contributed by atoms with E-state index in [-0.39, 0.29) is 6.61 Å². The molecule has 0 saturated heterocycles. The van der Waals surface area contributed by atoms with Gasteiger partial charge in [0.1, 0.15) is 5.75 Å². The van der Waals surface area contributed by atoms with Crippen LogP contribution in [-0.2, 0) is 4.74 Å². The highest BCUT2D eigenvalue weighted by atomic mass is 16.5. The van der Waals surface area contributed by atoms with Gasteiger partial charge < -0.3 is 14.6 Å². The van der Waals surface area contributed by atoms with Gasteiger partial charge in [-0.1, -0.05) is 18.2 Å². The smallest absolute Gasteiger partial charge is 0.119 e. The molecule has 1 aromatic rings. The van der Waals surface area contributed by atoms with Crippen molar-refractivity contribution in [3.63, 3.8) is 0 Å². The number of hydrogen-bond acceptors (Lipinski definition) is 3. The van der Waals surface area contributed by atoms with E-state index in [1.165, 1.54) is 0 Å². The first-order valence-electron chi connectivity index (χ1n) is 5.30. The molecule has 0 aromatic heterocycles. The van der Waals surface area contributed by atoms with Crippen molar-refractivity contribution in [3.8, 4) is 5.75 Å². The summed E-state index contributed by atoms with van der Waals surface area (Å²) in [5.41, 5.74) is 0. The molecule has 0 amide bonds. The van der Waals surface area contributed by atoms with Crippen molar-refractivity contribution in [2.45, 2.75) is 12.8 Å². The van der Waals surface area contributed by atoms with Gasteiger partial charge in [-0.2, -0.15) is 0 Å². The van der Waals surface area contributed by atoms with Gasteiger partial charge >= 0.3 is 0 Å². The van der Waals surface area contributed by atoms with Crippen LogP contribution in [0.15, 0.2) is 30.3 Å². The van der Waals surface area contributed by atoms with E-state index in [9.17, 15) is 0 Å². The molecule has 0 heterocycles. The highest BCUT2D eigenvalue weighted by Crippen LogP contribution is 2.08. The van der Waals surface area contributed by atoms with Crippen molar-refractivity contribution in [2.75, 3.05) is 26.4 Å². The largest absolute Gasteiger partial charge is 0.494 e. The average molecular weight is 210 g/mol. The van der Waals surface area contributed by atoms with Crippen LogP contribution in [0.3, 0.4) is 0 Å². The number of benzene rings is 1. The van der Waals surface area contributed by atoms with E-state index >= 15 is 0 Å². The van der Waals surface area contributed by atoms with Crippen LogP contribution < -0.4 is 4.74 Å². The molecule has 3 heteroatoms. The molecule has 1 aromatic carbocycles. The normalized spacial score (nSPS) is 10.2. The summed E-state index contributed by atoms with van der Waals surface area (Å²) in [6, 6.07) is 9.78. The number of unbranched alkanes of at least 4 members (excludes halogenated alkanes) is 1. The maximum atomic E-state index is 8.47. The molecule has 0 atom stereocenters. The third kappa shape index (κ3) is 6.10. The van der Waals surface area contributed by atoms with Crippen LogP contribution >= 0.6 is 0 Å². The Balaban J connectivity index is 1.93. The molecule has 0 spiro atoms. The van der Waals surface area contributed by atoms with Crippen molar-refractivity contribution in [2.24, 2.45) is 0 Å². The number of hydrogen-bond donors (Lipinski definition) is 1. The monoisotopic (exact) mass is 210 g/mol. The first kappa shape index (κ1) is 12.0. The fourth-order valence-corrected chi connectivity index (χ4v) is 1.18. The number of para-hydroxylation sites is 1. The van der Waals surface area contributed by atoms with E-state index < -0.39 is 0 Å². The molecular formula is C12H18O3. The van der Waals surface area contributed by atoms with Crippen LogP contribution in [0, 0.1) is 0 Å². The molecule has 84 valence electrons. The lowest BCUT2D eigenvalue weighted by Crippen LogP contribution is -2.03. The van der Waals surface area contributed by atoms with Crippen molar-refractivity contribution in [1.29, 1.82) is 0 Å². The SMILES string of the molecule is OCCOCCCCOc1ccccc1. The molecule has 0 aliphatic heterocycles. The minimum Gasteiger partial charge on any atom is -0.494 e. The predicted molar refractivity (Wildman–Crippen MR) is 59.1 cm³/mol. The Morgan fingerprint density at radius 3 is 2.40 bits per heavy atom. The van der Waals surface area contributed by atoms with E-state index in [1.54, 1.807) is 0 Å². The first-order chi connectivity index (χ1) is 7.43. The maximum Gasteiger partial charge on any atom is 0.119 e. The van der Waals surface area contributed by atoms with E-state index in [2.05, 4.69) is 0 Å². The summed E-state index contributed by atoms with van der Waals surface area (Å²) < 4.78 is 10.6. The maximum absolute atomic E-state index is 8.47. The molecule has 0 saturated carbocycles. The lowest BCUT2D eigenvalue weighted by Gasteiger charge is -2.05. The Morgan fingerprint density at radius 2 is 1.67 bits per heavy atom. The predicted octanol–water partition coefficient (Wildman–Crippen LogP) is 1.85. The minimum atomic E-state index is 0.0977. The Kier molecular flexibility index (Phi) is 6.62. The van der Waals surface area contributed by atoms with Gasteiger partial charge in [0.25, 0.3) is 0 Å². The number of ether oxygens (including phenoxy) is 2. The highest BCUT2D eigenvalue weighted by Gasteiger charge is 1.92. The van der Waals surface area contributed by atoms with Gasteiger partial charge in [-0.3, -0.25) is 0 Å². The van der Waals surface area contributed by atoms with Crippen LogP contribution in [0.4, 0.5) is 0 Å². The standard InChI is InChI=1S/C12H18O3/c13-8-11-14-9-4-5-10-15-12-6-2-1-3-7-12/h1-3,6-7,13H,4-5,8-11H2. The molecule has 15 heavy (non-hydrogen) atoms. The third-order valence-electron chi connectivity index (χ3n) is 1.93. The van der Waals surface area contributed by atoms with Gasteiger partial charge in [0.15, 0.2) is 0 Å². The third-order valence-corrected chi connectivity index (χ3v) is 1.93. The van der Waals surface area contributed by atoms with Crippen molar-refractivity contribution >= 4 is 0 Å². The second-order valence-corrected chi connectivity index (χ2v) is 3.20. The second-order valence-electron chi connectivity index (χ2n) is 3.20. The average Bonchev–Trinajstić information content (AvgIpc) is 2.29. The summed E-state index contributed by atoms with van der Waals surface area (Å²) in [6.07, 6.45) is 1.94. The van der Waals surface area contributed by atoms with Crippen LogP contribution in [0.1, 0.15) is 12.8 Å². The molecule has 0 bridgehead atoms. The van der Waals surface area contributed by atoms with E-state index in [0.717, 1.165) is 18.6 Å². The molecule has 0 unspecified atom stereocenters. The summed E-state index contributed by atoms with van der Waals surface area (Å²) in [5.74, 6) is 0.911. The Labute approximate surface area is 90.6 Å². The van der Waals surface area contributed by atoms with Gasteiger partial charge in [-0.05, 0) is 25.0 Å². The Morgan fingerprint density at radius 1 is 0.933 bits per heavy atom. The van der Waals surface area contributed by atoms with Crippen LogP contribution in [0.2, 0.25) is 0 Å². The fourth-order valence-electron chi connectivity index (χ4n) is 1.18. The van der Waals surface area contributed by atoms with Crippen molar-refractivity contribution < 1.29 is 14.6 Å². The lowest BCUT2D eigenvalue weighted by atomic mass is 10.3. The zero-order chi connectivity index (χ0) is 10.8. The number of aliphatic hydroxyl groups excluding tert-OH is 1. The van der Waals surface area contributed by atoms with Crippen molar-refractivity contribution in [1.82, 2.24) is 0 Å². The second kappa shape index (κ2) is 8.26. The summed E-state index contributed by atoms with van der Waals surface area (Å²) in [4.78, 5) is 0. The minimum absolute atomic E-state index is 0.0977. The van der Waals surface area contributed by atoms with Crippen LogP contribution in [0.25, 0.3) is 0 Å². The molecule has 1 N–H and O–H groups in total. The van der Waals surface area contributed by atoms with Gasteiger partial charge in [0.2, 0.25) is 0 Å². The first-order valence-corrected chi connectivity index (χ1v) is 5.30. The van der Waals surface area contributed by atoms with Gasteiger partial charge in [0, 0.05) is 6.61 Å². The zero-order valence-corrected chi connectivity index (χ0v) is 8.89. The summed E-state index contributed by atoms with van der Waals surface area (Å²) in [7, 11) is 0. The Bertz CT molecular complexity index is 236. The van der Waals surface area contributed by atoms with Crippen molar-refractivity contribution in [3.05, 3.63) is 30.3 Å². The zero-order valence-electron chi connectivity index (χ0n) is 8.89. The topological polar surface area (TPSA) is 38.7 Å². The molecule has 0 fully saturated rings. The quantitative estimate of drug-likeness (QED) is 0.665. The summed E-state index contributed by atoms with van der Waals surface area (Å²) in [6.45, 7) is 1.94. The molecule has 3 nitrogen and oxygen atoms in total. The summed E-state index contributed by atoms with van der Waals surface area (Å²) >= 11 is 0. The molecule has 0 radical (unpaired) electrons. The van der Waals surface area contributed by atoms with E-state index in [4.69, 9.17) is 14.6 Å². The Hall–Kier alpha value is -1.06. The molecular weight excluding hydrogens is 192 g/mol. The van der Waals surface area contributed by atoms with E-state index in [0.29, 0.717) is 19.8 Å². The molecule has 0 aliphatic rings. The van der Waals surface area contributed by atoms with Gasteiger partial charge in [0.05, 0.1) is 19.8 Å². The lowest BCUT2D eigenvalue weighted by molar-refractivity contribution is 0.0878. The summed E-state index contributed by atoms with van der Waals surface area (Å²) in [5, 5.41) is 8.47. The van der Waals surface area contributed by atoms with Gasteiger partial charge in [-0.25, -0.2) is 0 Å². The van der Waals surface area contributed by atoms with Crippen LogP contribution in [-0.4, -0.2) is 31.5 Å². The molecule has 0 aliphatic carbocycles. The van der Waals surface area contributed by atoms with E-state index in [1.807, 2.05) is 30.3 Å². The van der Waals surface area contributed by atoms with Gasteiger partial charge in [-0.15, -0.1) is 0 Å².